The van der Waals surface area contributed by atoms with E-state index in [9.17, 15) is 0 Å². The molecule has 1 N–H and O–H groups in total. The molecule has 1 aromatic carbocycles. The average Bonchev–Trinajstić information content (AvgIpc) is 2.06. The molecule has 1 rings (SSSR count). The Hall–Kier alpha value is -0.340. The van der Waals surface area contributed by atoms with Gasteiger partial charge in [0.25, 0.3) is 0 Å². The lowest BCUT2D eigenvalue weighted by Gasteiger charge is -2.03. The van der Waals surface area contributed by atoms with E-state index in [0.717, 1.165) is 17.3 Å². The van der Waals surface area contributed by atoms with Gasteiger partial charge in [0, 0.05) is 5.33 Å². The monoisotopic (exact) mass is 214 g/mol. The molecule has 0 bridgehead atoms. The first kappa shape index (κ1) is 8.75. The fourth-order valence-electron chi connectivity index (χ4n) is 1.06. The van der Waals surface area contributed by atoms with Gasteiger partial charge in [0.2, 0.25) is 0 Å². The maximum absolute atomic E-state index is 8.93. The quantitative estimate of drug-likeness (QED) is 0.765. The number of alkyl halides is 1. The van der Waals surface area contributed by atoms with Crippen LogP contribution in [0.5, 0.6) is 0 Å². The highest BCUT2D eigenvalue weighted by atomic mass is 79.9. The van der Waals surface area contributed by atoms with Crippen molar-refractivity contribution >= 4 is 15.9 Å². The number of benzene rings is 1. The normalized spacial score (nSPS) is 10.0. The lowest BCUT2D eigenvalue weighted by atomic mass is 10.1. The zero-order valence-corrected chi connectivity index (χ0v) is 7.84. The van der Waals surface area contributed by atoms with Gasteiger partial charge < -0.3 is 5.11 Å². The molecule has 2 heteroatoms. The highest BCUT2D eigenvalue weighted by Crippen LogP contribution is 2.09. The van der Waals surface area contributed by atoms with E-state index in [-0.39, 0.29) is 6.61 Å². The largest absolute Gasteiger partial charge is 0.392 e. The fourth-order valence-corrected chi connectivity index (χ4v) is 1.48. The van der Waals surface area contributed by atoms with E-state index in [2.05, 4.69) is 15.9 Å². The molecular formula is C9H11BrO. The van der Waals surface area contributed by atoms with Gasteiger partial charge in [-0.3, -0.25) is 0 Å². The Bertz CT molecular complexity index is 223. The summed E-state index contributed by atoms with van der Waals surface area (Å²) in [5, 5.41) is 9.88. The lowest BCUT2D eigenvalue weighted by Crippen LogP contribution is -1.93. The Balaban J connectivity index is 2.83. The van der Waals surface area contributed by atoms with Crippen LogP contribution < -0.4 is 0 Å². The van der Waals surface area contributed by atoms with Crippen molar-refractivity contribution in [2.75, 3.05) is 5.33 Å². The van der Waals surface area contributed by atoms with E-state index in [4.69, 9.17) is 5.11 Å². The third kappa shape index (κ3) is 2.31. The second-order valence-corrected chi connectivity index (χ2v) is 3.16. The number of halogens is 1. The van der Waals surface area contributed by atoms with E-state index in [1.807, 2.05) is 24.3 Å². The molecule has 0 heterocycles. The van der Waals surface area contributed by atoms with Gasteiger partial charge in [0.1, 0.15) is 0 Å². The number of aliphatic hydroxyl groups is 1. The minimum Gasteiger partial charge on any atom is -0.392 e. The predicted molar refractivity (Wildman–Crippen MR) is 49.9 cm³/mol. The molecule has 0 unspecified atom stereocenters. The van der Waals surface area contributed by atoms with Crippen LogP contribution >= 0.6 is 15.9 Å². The second-order valence-electron chi connectivity index (χ2n) is 2.37. The van der Waals surface area contributed by atoms with Crippen molar-refractivity contribution in [1.82, 2.24) is 0 Å². The van der Waals surface area contributed by atoms with Crippen molar-refractivity contribution in [3.05, 3.63) is 35.4 Å². The number of hydrogen-bond acceptors (Lipinski definition) is 1. The van der Waals surface area contributed by atoms with Gasteiger partial charge in [-0.05, 0) is 17.5 Å². The molecule has 0 aromatic heterocycles. The minimum atomic E-state index is 0.142. The number of aryl methyl sites for hydroxylation is 1. The molecule has 1 nitrogen and oxygen atoms in total. The zero-order chi connectivity index (χ0) is 8.10. The molecule has 0 aliphatic heterocycles. The molecule has 60 valence electrons. The van der Waals surface area contributed by atoms with Crippen molar-refractivity contribution in [2.45, 2.75) is 13.0 Å². The lowest BCUT2D eigenvalue weighted by molar-refractivity contribution is 0.280. The topological polar surface area (TPSA) is 20.2 Å². The molecule has 0 radical (unpaired) electrons. The van der Waals surface area contributed by atoms with E-state index >= 15 is 0 Å². The highest BCUT2D eigenvalue weighted by Gasteiger charge is 1.97. The minimum absolute atomic E-state index is 0.142. The molecule has 0 amide bonds. The predicted octanol–water partition coefficient (Wildman–Crippen LogP) is 2.12. The molecule has 11 heavy (non-hydrogen) atoms. The number of hydrogen-bond donors (Lipinski definition) is 1. The summed E-state index contributed by atoms with van der Waals surface area (Å²) in [5.74, 6) is 0. The van der Waals surface area contributed by atoms with Crippen LogP contribution in [0.2, 0.25) is 0 Å². The summed E-state index contributed by atoms with van der Waals surface area (Å²) in [7, 11) is 0. The number of rotatable bonds is 3. The Morgan fingerprint density at radius 1 is 1.18 bits per heavy atom. The third-order valence-electron chi connectivity index (χ3n) is 1.65. The molecule has 0 aliphatic rings. The first-order valence-electron chi connectivity index (χ1n) is 3.62. The van der Waals surface area contributed by atoms with Crippen LogP contribution in [-0.4, -0.2) is 10.4 Å². The van der Waals surface area contributed by atoms with Gasteiger partial charge in [-0.2, -0.15) is 0 Å². The average molecular weight is 215 g/mol. The smallest absolute Gasteiger partial charge is 0.0684 e. The molecule has 0 saturated heterocycles. The van der Waals surface area contributed by atoms with Crippen LogP contribution in [0.1, 0.15) is 11.1 Å². The van der Waals surface area contributed by atoms with Gasteiger partial charge in [0.05, 0.1) is 6.61 Å². The first-order chi connectivity index (χ1) is 5.38. The standard InChI is InChI=1S/C9H11BrO/c10-6-5-8-3-1-2-4-9(8)7-11/h1-4,11H,5-7H2. The van der Waals surface area contributed by atoms with Crippen LogP contribution in [-0.2, 0) is 13.0 Å². The van der Waals surface area contributed by atoms with Crippen LogP contribution in [0.15, 0.2) is 24.3 Å². The second kappa shape index (κ2) is 4.52. The Morgan fingerprint density at radius 3 is 2.36 bits per heavy atom. The van der Waals surface area contributed by atoms with Gasteiger partial charge >= 0.3 is 0 Å². The Morgan fingerprint density at radius 2 is 1.82 bits per heavy atom. The van der Waals surface area contributed by atoms with Crippen molar-refractivity contribution in [3.8, 4) is 0 Å². The summed E-state index contributed by atoms with van der Waals surface area (Å²) in [6, 6.07) is 7.95. The number of aliphatic hydroxyl groups excluding tert-OH is 1. The maximum atomic E-state index is 8.93. The fraction of sp³-hybridized carbons (Fsp3) is 0.333. The third-order valence-corrected chi connectivity index (χ3v) is 2.05. The van der Waals surface area contributed by atoms with Crippen LogP contribution in [0.25, 0.3) is 0 Å². The van der Waals surface area contributed by atoms with Crippen LogP contribution in [0, 0.1) is 0 Å². The van der Waals surface area contributed by atoms with Crippen LogP contribution in [0.4, 0.5) is 0 Å². The first-order valence-corrected chi connectivity index (χ1v) is 4.74. The van der Waals surface area contributed by atoms with Crippen molar-refractivity contribution in [3.63, 3.8) is 0 Å². The highest BCUT2D eigenvalue weighted by molar-refractivity contribution is 9.09. The molecule has 0 spiro atoms. The van der Waals surface area contributed by atoms with E-state index < -0.39 is 0 Å². The molecule has 1 aromatic rings. The van der Waals surface area contributed by atoms with E-state index in [1.54, 1.807) is 0 Å². The van der Waals surface area contributed by atoms with Gasteiger partial charge in [-0.25, -0.2) is 0 Å². The molecule has 0 saturated carbocycles. The van der Waals surface area contributed by atoms with Crippen molar-refractivity contribution in [1.29, 1.82) is 0 Å². The van der Waals surface area contributed by atoms with Crippen LogP contribution in [0.3, 0.4) is 0 Å². The SMILES string of the molecule is OCc1ccccc1CCBr. The van der Waals surface area contributed by atoms with Gasteiger partial charge in [-0.1, -0.05) is 40.2 Å². The summed E-state index contributed by atoms with van der Waals surface area (Å²) >= 11 is 3.37. The molecule has 0 aliphatic carbocycles. The zero-order valence-electron chi connectivity index (χ0n) is 6.26. The van der Waals surface area contributed by atoms with E-state index in [0.29, 0.717) is 0 Å². The molecular weight excluding hydrogens is 204 g/mol. The summed E-state index contributed by atoms with van der Waals surface area (Å²) in [6.45, 7) is 0.142. The van der Waals surface area contributed by atoms with Gasteiger partial charge in [0.15, 0.2) is 0 Å². The summed E-state index contributed by atoms with van der Waals surface area (Å²) in [6.07, 6.45) is 0.983. The van der Waals surface area contributed by atoms with E-state index in [1.165, 1.54) is 5.56 Å². The molecule has 0 fully saturated rings. The summed E-state index contributed by atoms with van der Waals surface area (Å²) in [4.78, 5) is 0. The van der Waals surface area contributed by atoms with Crippen molar-refractivity contribution < 1.29 is 5.11 Å². The maximum Gasteiger partial charge on any atom is 0.0684 e. The molecule has 0 atom stereocenters. The Labute approximate surface area is 75.2 Å². The Kier molecular flexibility index (Phi) is 3.60. The summed E-state index contributed by atoms with van der Waals surface area (Å²) < 4.78 is 0. The summed E-state index contributed by atoms with van der Waals surface area (Å²) in [5.41, 5.74) is 2.26. The van der Waals surface area contributed by atoms with Crippen molar-refractivity contribution in [2.24, 2.45) is 0 Å². The van der Waals surface area contributed by atoms with Gasteiger partial charge in [-0.15, -0.1) is 0 Å².